The average Bonchev–Trinajstić information content (AvgIpc) is 3.69. The van der Waals surface area contributed by atoms with Crippen molar-refractivity contribution in [2.45, 2.75) is 243 Å². The van der Waals surface area contributed by atoms with Crippen molar-refractivity contribution < 1.29 is 0 Å². The molecule has 292 valence electrons. The van der Waals surface area contributed by atoms with Crippen molar-refractivity contribution in [1.29, 1.82) is 0 Å². The molecule has 4 fully saturated rings. The van der Waals surface area contributed by atoms with Gasteiger partial charge in [0.1, 0.15) is 0 Å². The molecule has 4 rings (SSSR count). The first-order chi connectivity index (χ1) is 22.6. The third-order valence-corrected chi connectivity index (χ3v) is 16.8. The van der Waals surface area contributed by atoms with Gasteiger partial charge in [-0.25, -0.2) is 0 Å². The number of hydrogen-bond acceptors (Lipinski definition) is 0. The number of hydrogen-bond donors (Lipinski definition) is 0. The SMILES string of the molecule is C1CCC(PC2CCCC2)C1.C1CCC(PC2CCCCC2)CC1.CC(C)(C)PC(C)(C)C.CC(C)PC(C)C.CCPCC.CPC. The van der Waals surface area contributed by atoms with Gasteiger partial charge in [-0.05, 0) is 121 Å². The zero-order valence-corrected chi connectivity index (χ0v) is 41.6. The molecule has 0 aromatic carbocycles. The average molecular weight is 785 g/mol. The smallest absolute Gasteiger partial charge is 0.0202 e. The molecule has 0 saturated heterocycles. The summed E-state index contributed by atoms with van der Waals surface area (Å²) >= 11 is 0. The molecule has 0 aromatic heterocycles. The summed E-state index contributed by atoms with van der Waals surface area (Å²) in [5, 5.41) is 1.02. The van der Waals surface area contributed by atoms with Crippen LogP contribution in [0, 0.1) is 0 Å². The van der Waals surface area contributed by atoms with Crippen LogP contribution in [0.4, 0.5) is 0 Å². The highest BCUT2D eigenvalue weighted by Gasteiger charge is 2.23. The molecule has 0 nitrogen and oxygen atoms in total. The Balaban J connectivity index is 0. The Kier molecular flexibility index (Phi) is 37.4. The predicted octanol–water partition coefficient (Wildman–Crippen LogP) is 16.3. The molecule has 0 heterocycles. The summed E-state index contributed by atoms with van der Waals surface area (Å²) in [4.78, 5) is 0. The Labute approximate surface area is 318 Å². The molecule has 0 radical (unpaired) electrons. The molecular formula is C42H94P6. The van der Waals surface area contributed by atoms with E-state index in [0.717, 1.165) is 59.7 Å². The van der Waals surface area contributed by atoms with Gasteiger partial charge in [-0.3, -0.25) is 0 Å². The van der Waals surface area contributed by atoms with E-state index in [2.05, 4.69) is 96.4 Å². The van der Waals surface area contributed by atoms with Crippen LogP contribution in [-0.2, 0) is 0 Å². The van der Waals surface area contributed by atoms with Gasteiger partial charge in [0, 0.05) is 0 Å². The molecule has 4 saturated carbocycles. The molecule has 6 heteroatoms. The van der Waals surface area contributed by atoms with Gasteiger partial charge in [0.15, 0.2) is 0 Å². The maximum absolute atomic E-state index is 2.30. The summed E-state index contributed by atoms with van der Waals surface area (Å²) in [5.41, 5.74) is 6.44. The van der Waals surface area contributed by atoms with Crippen molar-refractivity contribution in [2.24, 2.45) is 0 Å². The first-order valence-corrected chi connectivity index (χ1v) is 28.8. The molecule has 0 aromatic rings. The van der Waals surface area contributed by atoms with Gasteiger partial charge in [0.25, 0.3) is 0 Å². The molecule has 0 spiro atoms. The van der Waals surface area contributed by atoms with Crippen LogP contribution in [0.15, 0.2) is 0 Å². The summed E-state index contributed by atoms with van der Waals surface area (Å²) in [7, 11) is 7.15. The van der Waals surface area contributed by atoms with Crippen molar-refractivity contribution in [1.82, 2.24) is 0 Å². The molecule has 0 atom stereocenters. The molecular weight excluding hydrogens is 690 g/mol. The normalized spacial score (nSPS) is 19.5. The van der Waals surface area contributed by atoms with Crippen molar-refractivity contribution in [3.05, 3.63) is 0 Å². The minimum absolute atomic E-state index is 0.512. The first-order valence-electron chi connectivity index (χ1n) is 20.9. The van der Waals surface area contributed by atoms with E-state index in [9.17, 15) is 0 Å². The summed E-state index contributed by atoms with van der Waals surface area (Å²) in [6.07, 6.45) is 30.6. The predicted molar refractivity (Wildman–Crippen MR) is 251 cm³/mol. The van der Waals surface area contributed by atoms with E-state index in [1.807, 2.05) is 0 Å². The molecule has 48 heavy (non-hydrogen) atoms. The minimum atomic E-state index is 0.512. The van der Waals surface area contributed by atoms with Gasteiger partial charge in [0.2, 0.25) is 0 Å². The van der Waals surface area contributed by atoms with Crippen LogP contribution in [0.5, 0.6) is 0 Å². The monoisotopic (exact) mass is 785 g/mol. The summed E-state index contributed by atoms with van der Waals surface area (Å²) in [5.74, 6) is 0. The van der Waals surface area contributed by atoms with E-state index in [1.54, 1.807) is 51.4 Å². The van der Waals surface area contributed by atoms with Crippen molar-refractivity contribution in [3.8, 4) is 0 Å². The first kappa shape index (κ1) is 52.7. The fourth-order valence-electron chi connectivity index (χ4n) is 7.43. The second-order valence-electron chi connectivity index (χ2n) is 17.5. The quantitative estimate of drug-likeness (QED) is 0.215. The topological polar surface area (TPSA) is 0 Å². The summed E-state index contributed by atoms with van der Waals surface area (Å²) in [6, 6.07) is 0. The van der Waals surface area contributed by atoms with Crippen LogP contribution >= 0.6 is 51.5 Å². The second kappa shape index (κ2) is 34.1. The van der Waals surface area contributed by atoms with Crippen LogP contribution in [0.25, 0.3) is 0 Å². The minimum Gasteiger partial charge on any atom is -0.129 e. The fraction of sp³-hybridized carbons (Fsp3) is 1.00. The maximum atomic E-state index is 2.30. The van der Waals surface area contributed by atoms with E-state index in [-0.39, 0.29) is 0 Å². The Morgan fingerprint density at radius 3 is 0.812 bits per heavy atom. The fourth-order valence-corrected chi connectivity index (χ4v) is 15.8. The van der Waals surface area contributed by atoms with E-state index >= 15 is 0 Å². The Bertz CT molecular complexity index is 579. The van der Waals surface area contributed by atoms with Gasteiger partial charge >= 0.3 is 0 Å². The van der Waals surface area contributed by atoms with E-state index in [1.165, 1.54) is 102 Å². The molecule has 0 unspecified atom stereocenters. The van der Waals surface area contributed by atoms with Crippen LogP contribution in [0.1, 0.15) is 199 Å². The standard InChI is InChI=1S/C12H23P.C10H19P.C8H19P.C6H15P.C4H11P.C2H7P/c1-3-7-11(8-4-1)13-12-9-5-2-6-10-12;1-2-6-9(5-1)11-10-7-3-4-8-10;1-7(2,3)9-8(4,5)6;1-5(2)7-6(3)4;1-3-5-4-2;1-3-2/h11-13H,1-10H2;9-11H,1-8H2;9H,1-6H3;5-7H,1-4H3;5H,3-4H2,1-2H3;3H,1-2H3. The van der Waals surface area contributed by atoms with Crippen molar-refractivity contribution >= 4 is 51.5 Å². The zero-order chi connectivity index (χ0) is 36.8. The third kappa shape index (κ3) is 39.8. The van der Waals surface area contributed by atoms with Gasteiger partial charge in [-0.1, -0.05) is 147 Å². The molecule has 0 bridgehead atoms. The maximum Gasteiger partial charge on any atom is -0.0202 e. The Morgan fingerprint density at radius 1 is 0.458 bits per heavy atom. The van der Waals surface area contributed by atoms with Gasteiger partial charge in [0.05, 0.1) is 0 Å². The number of rotatable bonds is 8. The molecule has 4 aliphatic rings. The van der Waals surface area contributed by atoms with E-state index in [0.29, 0.717) is 10.3 Å². The van der Waals surface area contributed by atoms with E-state index < -0.39 is 0 Å². The highest BCUT2D eigenvalue weighted by Crippen LogP contribution is 2.44. The molecule has 0 amide bonds. The summed E-state index contributed by atoms with van der Waals surface area (Å²) in [6.45, 7) is 31.7. The third-order valence-electron chi connectivity index (χ3n) is 8.78. The van der Waals surface area contributed by atoms with Crippen LogP contribution in [0.2, 0.25) is 0 Å². The highest BCUT2D eigenvalue weighted by molar-refractivity contribution is 7.41. The highest BCUT2D eigenvalue weighted by atomic mass is 31.1. The van der Waals surface area contributed by atoms with Gasteiger partial charge in [-0.15, -0.1) is 51.5 Å². The lowest BCUT2D eigenvalue weighted by Gasteiger charge is -2.28. The van der Waals surface area contributed by atoms with Gasteiger partial charge < -0.3 is 0 Å². The molecule has 0 aliphatic heterocycles. The van der Waals surface area contributed by atoms with Crippen LogP contribution < -0.4 is 0 Å². The lowest BCUT2D eigenvalue weighted by Crippen LogP contribution is -2.16. The Hall–Kier alpha value is 2.58. The molecule has 4 aliphatic carbocycles. The summed E-state index contributed by atoms with van der Waals surface area (Å²) < 4.78 is 0. The van der Waals surface area contributed by atoms with Crippen LogP contribution in [-0.4, -0.2) is 69.9 Å². The lowest BCUT2D eigenvalue weighted by atomic mass is 10.00. The van der Waals surface area contributed by atoms with Crippen LogP contribution in [0.3, 0.4) is 0 Å². The molecule has 0 N–H and O–H groups in total. The van der Waals surface area contributed by atoms with Gasteiger partial charge in [-0.2, -0.15) is 0 Å². The lowest BCUT2D eigenvalue weighted by molar-refractivity contribution is 0.490. The largest absolute Gasteiger partial charge is 0.129 e. The zero-order valence-electron chi connectivity index (χ0n) is 35.6. The van der Waals surface area contributed by atoms with Crippen molar-refractivity contribution in [3.63, 3.8) is 0 Å². The second-order valence-corrected chi connectivity index (χ2v) is 30.3. The Morgan fingerprint density at radius 2 is 0.688 bits per heavy atom. The van der Waals surface area contributed by atoms with Crippen molar-refractivity contribution in [2.75, 3.05) is 25.7 Å². The van der Waals surface area contributed by atoms with E-state index in [4.69, 9.17) is 0 Å².